The van der Waals surface area contributed by atoms with Gasteiger partial charge in [0.15, 0.2) is 0 Å². The predicted octanol–water partition coefficient (Wildman–Crippen LogP) is 2.34. The van der Waals surface area contributed by atoms with Crippen LogP contribution in [0.3, 0.4) is 0 Å². The molecular weight excluding hydrogens is 240 g/mol. The zero-order chi connectivity index (χ0) is 13.5. The second-order valence-electron chi connectivity index (χ2n) is 5.72. The molecule has 1 atom stereocenters. The number of nitrogens with one attached hydrogen (secondary N) is 1. The van der Waals surface area contributed by atoms with Crippen LogP contribution in [-0.4, -0.2) is 17.2 Å². The van der Waals surface area contributed by atoms with Gasteiger partial charge < -0.3 is 5.11 Å². The Morgan fingerprint density at radius 3 is 2.95 bits per heavy atom. The number of carbonyl (C=O) groups excluding carboxylic acids is 1. The van der Waals surface area contributed by atoms with Gasteiger partial charge in [-0.1, -0.05) is 18.6 Å². The molecule has 1 unspecified atom stereocenters. The molecule has 1 spiro atoms. The molecule has 0 bridgehead atoms. The molecule has 2 aliphatic rings. The van der Waals surface area contributed by atoms with Crippen molar-refractivity contribution < 1.29 is 9.90 Å². The van der Waals surface area contributed by atoms with Crippen LogP contribution in [-0.2, 0) is 4.79 Å². The van der Waals surface area contributed by atoms with Crippen LogP contribution in [0.1, 0.15) is 36.8 Å². The number of carbonyl (C=O) groups is 1. The smallest absolute Gasteiger partial charge is 0.243 e. The number of amides is 1. The summed E-state index contributed by atoms with van der Waals surface area (Å²) in [6.07, 6.45) is 6.14. The number of phenolic OH excluding ortho intramolecular Hbond substituents is 1. The number of aryl methyl sites for hydroxylation is 1. The minimum absolute atomic E-state index is 0.0168. The summed E-state index contributed by atoms with van der Waals surface area (Å²) in [5.41, 5.74) is 4.32. The molecule has 2 fully saturated rings. The number of hydrazone groups is 1. The molecule has 0 aromatic heterocycles. The minimum atomic E-state index is 0.0168. The topological polar surface area (TPSA) is 61.7 Å². The summed E-state index contributed by atoms with van der Waals surface area (Å²) in [7, 11) is 0. The maximum absolute atomic E-state index is 11.9. The first-order valence-corrected chi connectivity index (χ1v) is 6.74. The van der Waals surface area contributed by atoms with Gasteiger partial charge in [-0.15, -0.1) is 0 Å². The molecule has 100 valence electrons. The quantitative estimate of drug-likeness (QED) is 0.645. The lowest BCUT2D eigenvalue weighted by Crippen LogP contribution is -2.26. The van der Waals surface area contributed by atoms with Crippen LogP contribution in [0.25, 0.3) is 0 Å². The van der Waals surface area contributed by atoms with Gasteiger partial charge in [-0.05, 0) is 43.2 Å². The van der Waals surface area contributed by atoms with Crippen LogP contribution in [0.15, 0.2) is 23.3 Å². The summed E-state index contributed by atoms with van der Waals surface area (Å²) in [4.78, 5) is 11.9. The molecule has 2 aliphatic carbocycles. The summed E-state index contributed by atoms with van der Waals surface area (Å²) in [6.45, 7) is 1.83. The predicted molar refractivity (Wildman–Crippen MR) is 73.0 cm³/mol. The summed E-state index contributed by atoms with van der Waals surface area (Å²) < 4.78 is 0. The normalized spacial score (nSPS) is 23.3. The third-order valence-electron chi connectivity index (χ3n) is 4.50. The van der Waals surface area contributed by atoms with Crippen molar-refractivity contribution >= 4 is 12.1 Å². The Labute approximate surface area is 112 Å². The van der Waals surface area contributed by atoms with E-state index in [1.54, 1.807) is 6.07 Å². The Morgan fingerprint density at radius 2 is 2.32 bits per heavy atom. The molecule has 3 rings (SSSR count). The third-order valence-corrected chi connectivity index (χ3v) is 4.50. The van der Waals surface area contributed by atoms with Crippen molar-refractivity contribution in [1.29, 1.82) is 0 Å². The van der Waals surface area contributed by atoms with Crippen LogP contribution >= 0.6 is 0 Å². The summed E-state index contributed by atoms with van der Waals surface area (Å²) in [5.74, 6) is 0.384. The van der Waals surface area contributed by atoms with E-state index >= 15 is 0 Å². The fourth-order valence-corrected chi connectivity index (χ4v) is 2.93. The van der Waals surface area contributed by atoms with Gasteiger partial charge >= 0.3 is 0 Å². The van der Waals surface area contributed by atoms with E-state index in [1.807, 2.05) is 19.1 Å². The van der Waals surface area contributed by atoms with E-state index < -0.39 is 0 Å². The van der Waals surface area contributed by atoms with Gasteiger partial charge in [0.2, 0.25) is 5.91 Å². The zero-order valence-corrected chi connectivity index (χ0v) is 11.0. The van der Waals surface area contributed by atoms with E-state index in [0.29, 0.717) is 11.0 Å². The number of nitrogens with zero attached hydrogens (tertiary/aromatic N) is 1. The van der Waals surface area contributed by atoms with Crippen LogP contribution in [0.2, 0.25) is 0 Å². The van der Waals surface area contributed by atoms with Crippen LogP contribution in [0.5, 0.6) is 5.75 Å². The molecule has 2 N–H and O–H groups in total. The van der Waals surface area contributed by atoms with Crippen molar-refractivity contribution in [1.82, 2.24) is 5.43 Å². The van der Waals surface area contributed by atoms with Crippen molar-refractivity contribution in [2.75, 3.05) is 0 Å². The average molecular weight is 258 g/mol. The van der Waals surface area contributed by atoms with E-state index in [4.69, 9.17) is 0 Å². The molecule has 1 aromatic carbocycles. The van der Waals surface area contributed by atoms with Crippen molar-refractivity contribution in [2.45, 2.75) is 32.6 Å². The lowest BCUT2D eigenvalue weighted by molar-refractivity contribution is -0.123. The molecule has 2 saturated carbocycles. The van der Waals surface area contributed by atoms with Gasteiger partial charge in [0, 0.05) is 11.5 Å². The first-order chi connectivity index (χ1) is 9.12. The van der Waals surface area contributed by atoms with Crippen molar-refractivity contribution in [3.8, 4) is 5.75 Å². The van der Waals surface area contributed by atoms with E-state index in [1.165, 1.54) is 25.5 Å². The monoisotopic (exact) mass is 258 g/mol. The highest BCUT2D eigenvalue weighted by molar-refractivity contribution is 5.87. The largest absolute Gasteiger partial charge is 0.507 e. The maximum atomic E-state index is 11.9. The number of phenols is 1. The molecule has 0 heterocycles. The molecule has 4 nitrogen and oxygen atoms in total. The maximum Gasteiger partial charge on any atom is 0.243 e. The lowest BCUT2D eigenvalue weighted by Gasteiger charge is -2.25. The highest BCUT2D eigenvalue weighted by Gasteiger charge is 2.60. The lowest BCUT2D eigenvalue weighted by atomic mass is 9.80. The summed E-state index contributed by atoms with van der Waals surface area (Å²) >= 11 is 0. The number of hydrogen-bond acceptors (Lipinski definition) is 3. The summed E-state index contributed by atoms with van der Waals surface area (Å²) in [6, 6.07) is 5.45. The fraction of sp³-hybridized carbons (Fsp3) is 0.467. The molecule has 0 saturated heterocycles. The van der Waals surface area contributed by atoms with E-state index in [2.05, 4.69) is 10.5 Å². The first-order valence-electron chi connectivity index (χ1n) is 6.74. The standard InChI is InChI=1S/C15H18N2O2/c1-10-4-2-5-11(13(10)18)9-16-17-14(19)12-8-15(12)6-3-7-15/h2,4-5,9,12,18H,3,6-8H2,1H3,(H,17,19)/b16-9+. The molecule has 0 radical (unpaired) electrons. The van der Waals surface area contributed by atoms with Crippen LogP contribution < -0.4 is 5.43 Å². The molecule has 0 aliphatic heterocycles. The Bertz CT molecular complexity index is 547. The van der Waals surface area contributed by atoms with Crippen LogP contribution in [0.4, 0.5) is 0 Å². The molecule has 4 heteroatoms. The van der Waals surface area contributed by atoms with Crippen molar-refractivity contribution in [3.63, 3.8) is 0 Å². The van der Waals surface area contributed by atoms with E-state index in [-0.39, 0.29) is 17.6 Å². The second-order valence-corrected chi connectivity index (χ2v) is 5.72. The number of para-hydroxylation sites is 1. The average Bonchev–Trinajstić information content (AvgIpc) is 3.10. The van der Waals surface area contributed by atoms with Gasteiger partial charge in [-0.3, -0.25) is 4.79 Å². The third kappa shape index (κ3) is 2.11. The molecule has 1 aromatic rings. The highest BCUT2D eigenvalue weighted by Crippen LogP contribution is 2.65. The van der Waals surface area contributed by atoms with Gasteiger partial charge in [0.25, 0.3) is 0 Å². The fourth-order valence-electron chi connectivity index (χ4n) is 2.93. The van der Waals surface area contributed by atoms with Crippen molar-refractivity contribution in [2.24, 2.45) is 16.4 Å². The Balaban J connectivity index is 1.58. The van der Waals surface area contributed by atoms with Gasteiger partial charge in [-0.25, -0.2) is 5.43 Å². The summed E-state index contributed by atoms with van der Waals surface area (Å²) in [5, 5.41) is 13.8. The minimum Gasteiger partial charge on any atom is -0.507 e. The van der Waals surface area contributed by atoms with Crippen molar-refractivity contribution in [3.05, 3.63) is 29.3 Å². The molecule has 1 amide bonds. The number of rotatable bonds is 3. The van der Waals surface area contributed by atoms with Gasteiger partial charge in [0.1, 0.15) is 5.75 Å². The number of hydrogen-bond donors (Lipinski definition) is 2. The number of aromatic hydroxyl groups is 1. The van der Waals surface area contributed by atoms with Gasteiger partial charge in [0.05, 0.1) is 6.21 Å². The molecular formula is C15H18N2O2. The van der Waals surface area contributed by atoms with Crippen LogP contribution in [0, 0.1) is 18.3 Å². The van der Waals surface area contributed by atoms with E-state index in [9.17, 15) is 9.90 Å². The SMILES string of the molecule is Cc1cccc(/C=N/NC(=O)C2CC23CCC3)c1O. The first kappa shape index (κ1) is 12.2. The molecule has 19 heavy (non-hydrogen) atoms. The van der Waals surface area contributed by atoms with E-state index in [0.717, 1.165) is 12.0 Å². The zero-order valence-electron chi connectivity index (χ0n) is 11.0. The van der Waals surface area contributed by atoms with Gasteiger partial charge in [-0.2, -0.15) is 5.10 Å². The Morgan fingerprint density at radius 1 is 1.53 bits per heavy atom. The number of benzene rings is 1. The Kier molecular flexibility index (Phi) is 2.81. The highest BCUT2D eigenvalue weighted by atomic mass is 16.3. The second kappa shape index (κ2) is 4.37. The Hall–Kier alpha value is -1.84.